The van der Waals surface area contributed by atoms with Crippen molar-refractivity contribution in [2.75, 3.05) is 18.5 Å². The number of benzene rings is 1. The molecule has 2 aromatic rings. The Hall–Kier alpha value is -1.81. The third kappa shape index (κ3) is 3.02. The first-order valence-corrected chi connectivity index (χ1v) is 7.08. The SMILES string of the molecule is CCn1cc(C(CN)N(C)c2cc(C)cc(C)c2)cn1. The van der Waals surface area contributed by atoms with Crippen LogP contribution in [-0.2, 0) is 6.54 Å². The van der Waals surface area contributed by atoms with E-state index in [0.29, 0.717) is 6.54 Å². The minimum absolute atomic E-state index is 0.150. The highest BCUT2D eigenvalue weighted by Crippen LogP contribution is 2.26. The van der Waals surface area contributed by atoms with Gasteiger partial charge in [-0.15, -0.1) is 0 Å². The molecule has 1 unspecified atom stereocenters. The molecule has 0 fully saturated rings. The molecular weight excluding hydrogens is 248 g/mol. The minimum atomic E-state index is 0.150. The Kier molecular flexibility index (Phi) is 4.45. The molecule has 4 heteroatoms. The number of anilines is 1. The van der Waals surface area contributed by atoms with Gasteiger partial charge in [0.15, 0.2) is 0 Å². The lowest BCUT2D eigenvalue weighted by atomic mass is 10.1. The van der Waals surface area contributed by atoms with Crippen molar-refractivity contribution in [1.29, 1.82) is 0 Å². The van der Waals surface area contributed by atoms with Gasteiger partial charge in [0, 0.05) is 37.6 Å². The van der Waals surface area contributed by atoms with E-state index in [1.807, 2.05) is 10.9 Å². The number of likely N-dealkylation sites (N-methyl/N-ethyl adjacent to an activating group) is 1. The number of aromatic nitrogens is 2. The molecule has 20 heavy (non-hydrogen) atoms. The molecule has 0 amide bonds. The van der Waals surface area contributed by atoms with Crippen LogP contribution in [0.25, 0.3) is 0 Å². The summed E-state index contributed by atoms with van der Waals surface area (Å²) < 4.78 is 1.94. The van der Waals surface area contributed by atoms with Gasteiger partial charge in [-0.1, -0.05) is 6.07 Å². The van der Waals surface area contributed by atoms with E-state index in [1.54, 1.807) is 0 Å². The van der Waals surface area contributed by atoms with Gasteiger partial charge in [0.1, 0.15) is 0 Å². The third-order valence-corrected chi connectivity index (χ3v) is 3.67. The fourth-order valence-electron chi connectivity index (χ4n) is 2.58. The molecule has 0 aliphatic rings. The van der Waals surface area contributed by atoms with E-state index >= 15 is 0 Å². The first-order chi connectivity index (χ1) is 9.55. The molecule has 0 aliphatic heterocycles. The van der Waals surface area contributed by atoms with Crippen LogP contribution in [0.1, 0.15) is 29.7 Å². The molecule has 108 valence electrons. The Labute approximate surface area is 121 Å². The first-order valence-electron chi connectivity index (χ1n) is 7.08. The summed E-state index contributed by atoms with van der Waals surface area (Å²) in [5.74, 6) is 0. The summed E-state index contributed by atoms with van der Waals surface area (Å²) in [6.07, 6.45) is 4.00. The van der Waals surface area contributed by atoms with E-state index in [9.17, 15) is 0 Å². The van der Waals surface area contributed by atoms with Crippen molar-refractivity contribution in [3.8, 4) is 0 Å². The van der Waals surface area contributed by atoms with Crippen LogP contribution in [0.3, 0.4) is 0 Å². The zero-order chi connectivity index (χ0) is 14.7. The van der Waals surface area contributed by atoms with Gasteiger partial charge < -0.3 is 10.6 Å². The van der Waals surface area contributed by atoms with Crippen LogP contribution in [0, 0.1) is 13.8 Å². The smallest absolute Gasteiger partial charge is 0.0692 e. The molecule has 1 atom stereocenters. The predicted molar refractivity (Wildman–Crippen MR) is 84.0 cm³/mol. The largest absolute Gasteiger partial charge is 0.366 e. The summed E-state index contributed by atoms with van der Waals surface area (Å²) in [4.78, 5) is 2.23. The molecule has 0 radical (unpaired) electrons. The molecule has 1 heterocycles. The molecule has 2 N–H and O–H groups in total. The lowest BCUT2D eigenvalue weighted by Gasteiger charge is -2.29. The van der Waals surface area contributed by atoms with E-state index in [-0.39, 0.29) is 6.04 Å². The first kappa shape index (κ1) is 14.6. The number of hydrogen-bond acceptors (Lipinski definition) is 3. The standard InChI is InChI=1S/C16H24N4/c1-5-20-11-14(10-18-20)16(9-17)19(4)15-7-12(2)6-13(3)8-15/h6-8,10-11,16H,5,9,17H2,1-4H3. The summed E-state index contributed by atoms with van der Waals surface area (Å²) >= 11 is 0. The highest BCUT2D eigenvalue weighted by atomic mass is 15.3. The number of nitrogens with two attached hydrogens (primary N) is 1. The lowest BCUT2D eigenvalue weighted by molar-refractivity contribution is 0.651. The van der Waals surface area contributed by atoms with Crippen LogP contribution in [0.5, 0.6) is 0 Å². The second-order valence-corrected chi connectivity index (χ2v) is 5.34. The highest BCUT2D eigenvalue weighted by molar-refractivity contribution is 5.52. The number of hydrogen-bond donors (Lipinski definition) is 1. The van der Waals surface area contributed by atoms with E-state index in [2.05, 4.69) is 62.2 Å². The topological polar surface area (TPSA) is 47.1 Å². The second kappa shape index (κ2) is 6.09. The van der Waals surface area contributed by atoms with E-state index in [1.165, 1.54) is 16.8 Å². The second-order valence-electron chi connectivity index (χ2n) is 5.34. The van der Waals surface area contributed by atoms with Gasteiger partial charge in [0.25, 0.3) is 0 Å². The maximum Gasteiger partial charge on any atom is 0.0692 e. The summed E-state index contributed by atoms with van der Waals surface area (Å²) in [5.41, 5.74) is 10.9. The van der Waals surface area contributed by atoms with Crippen molar-refractivity contribution in [3.63, 3.8) is 0 Å². The van der Waals surface area contributed by atoms with Gasteiger partial charge in [-0.25, -0.2) is 0 Å². The average molecular weight is 272 g/mol. The fraction of sp³-hybridized carbons (Fsp3) is 0.438. The molecule has 1 aromatic carbocycles. The van der Waals surface area contributed by atoms with Crippen molar-refractivity contribution in [3.05, 3.63) is 47.3 Å². The van der Waals surface area contributed by atoms with Crippen molar-refractivity contribution in [2.24, 2.45) is 5.73 Å². The monoisotopic (exact) mass is 272 g/mol. The van der Waals surface area contributed by atoms with Crippen LogP contribution in [0.2, 0.25) is 0 Å². The molecule has 4 nitrogen and oxygen atoms in total. The van der Waals surface area contributed by atoms with Crippen molar-refractivity contribution in [2.45, 2.75) is 33.4 Å². The van der Waals surface area contributed by atoms with Gasteiger partial charge in [-0.2, -0.15) is 5.10 Å². The van der Waals surface area contributed by atoms with Gasteiger partial charge in [0.2, 0.25) is 0 Å². The number of aryl methyl sites for hydroxylation is 3. The quantitative estimate of drug-likeness (QED) is 0.910. The molecule has 2 rings (SSSR count). The van der Waals surface area contributed by atoms with Crippen molar-refractivity contribution in [1.82, 2.24) is 9.78 Å². The molecule has 1 aromatic heterocycles. The van der Waals surface area contributed by atoms with Gasteiger partial charge >= 0.3 is 0 Å². The third-order valence-electron chi connectivity index (χ3n) is 3.67. The van der Waals surface area contributed by atoms with Crippen LogP contribution < -0.4 is 10.6 Å². The van der Waals surface area contributed by atoms with E-state index in [0.717, 1.165) is 12.1 Å². The summed E-state index contributed by atoms with van der Waals surface area (Å²) in [5, 5.41) is 4.35. The Morgan fingerprint density at radius 1 is 1.25 bits per heavy atom. The van der Waals surface area contributed by atoms with Gasteiger partial charge in [-0.05, 0) is 44.0 Å². The Morgan fingerprint density at radius 3 is 2.40 bits per heavy atom. The zero-order valence-electron chi connectivity index (χ0n) is 12.8. The molecule has 0 saturated heterocycles. The Bertz CT molecular complexity index is 553. The molecule has 0 bridgehead atoms. The summed E-state index contributed by atoms with van der Waals surface area (Å²) in [7, 11) is 2.09. The van der Waals surface area contributed by atoms with Gasteiger partial charge in [-0.3, -0.25) is 4.68 Å². The number of rotatable bonds is 5. The summed E-state index contributed by atoms with van der Waals surface area (Å²) in [6.45, 7) is 7.78. The Morgan fingerprint density at radius 2 is 1.90 bits per heavy atom. The number of nitrogens with zero attached hydrogens (tertiary/aromatic N) is 3. The average Bonchev–Trinajstić information content (AvgIpc) is 2.87. The fourth-order valence-corrected chi connectivity index (χ4v) is 2.58. The molecule has 0 spiro atoms. The van der Waals surface area contributed by atoms with Gasteiger partial charge in [0.05, 0.1) is 12.2 Å². The molecule has 0 saturated carbocycles. The van der Waals surface area contributed by atoms with E-state index < -0.39 is 0 Å². The molecular formula is C16H24N4. The van der Waals surface area contributed by atoms with Crippen LogP contribution in [-0.4, -0.2) is 23.4 Å². The Balaban J connectivity index is 2.30. The van der Waals surface area contributed by atoms with Crippen LogP contribution in [0.4, 0.5) is 5.69 Å². The van der Waals surface area contributed by atoms with Crippen LogP contribution in [0.15, 0.2) is 30.6 Å². The molecule has 0 aliphatic carbocycles. The summed E-state index contributed by atoms with van der Waals surface area (Å²) in [6, 6.07) is 6.72. The van der Waals surface area contributed by atoms with Crippen molar-refractivity contribution < 1.29 is 0 Å². The lowest BCUT2D eigenvalue weighted by Crippen LogP contribution is -2.30. The zero-order valence-corrected chi connectivity index (χ0v) is 12.8. The van der Waals surface area contributed by atoms with Crippen LogP contribution >= 0.6 is 0 Å². The maximum atomic E-state index is 5.99. The predicted octanol–water partition coefficient (Wildman–Crippen LogP) is 2.66. The van der Waals surface area contributed by atoms with Crippen molar-refractivity contribution >= 4 is 5.69 Å². The minimum Gasteiger partial charge on any atom is -0.366 e. The highest BCUT2D eigenvalue weighted by Gasteiger charge is 2.18. The normalized spacial score (nSPS) is 12.4. The maximum absolute atomic E-state index is 5.99. The van der Waals surface area contributed by atoms with E-state index in [4.69, 9.17) is 5.73 Å².